The van der Waals surface area contributed by atoms with E-state index in [1.165, 1.54) is 11.2 Å². The van der Waals surface area contributed by atoms with Crippen LogP contribution >= 0.6 is 0 Å². The number of rotatable bonds is 4. The lowest BCUT2D eigenvalue weighted by atomic mass is 10.0. The Morgan fingerprint density at radius 2 is 1.91 bits per heavy atom. The lowest BCUT2D eigenvalue weighted by Gasteiger charge is -2.20. The highest BCUT2D eigenvalue weighted by Crippen LogP contribution is 2.32. The molecule has 0 bridgehead atoms. The number of amides is 3. The predicted octanol–water partition coefficient (Wildman–Crippen LogP) is 2.92. The summed E-state index contributed by atoms with van der Waals surface area (Å²) in [5.74, 6) is 0.0666. The average molecular weight is 431 g/mol. The molecule has 3 aromatic rings. The Bertz CT molecular complexity index is 1190. The molecule has 1 fully saturated rings. The third-order valence-corrected chi connectivity index (χ3v) is 5.88. The maximum Gasteiger partial charge on any atom is 0.287 e. The van der Waals surface area contributed by atoms with E-state index in [0.717, 1.165) is 16.9 Å². The topological polar surface area (TPSA) is 101 Å². The fourth-order valence-corrected chi connectivity index (χ4v) is 4.24. The van der Waals surface area contributed by atoms with Crippen LogP contribution in [0.5, 0.6) is 5.75 Å². The summed E-state index contributed by atoms with van der Waals surface area (Å²) in [5.41, 5.74) is 2.70. The first kappa shape index (κ1) is 19.9. The third-order valence-electron chi connectivity index (χ3n) is 5.88. The Labute approximate surface area is 184 Å². The number of carbonyl (C=O) groups excluding carboxylic acids is 3. The summed E-state index contributed by atoms with van der Waals surface area (Å²) in [6.07, 6.45) is 1.76. The number of fused-ring (bicyclic) bond motifs is 2. The molecule has 1 aromatic heterocycles. The molecule has 5 rings (SSSR count). The van der Waals surface area contributed by atoms with Crippen molar-refractivity contribution in [3.63, 3.8) is 0 Å². The molecule has 8 heteroatoms. The molecule has 0 radical (unpaired) electrons. The molecule has 3 heterocycles. The van der Waals surface area contributed by atoms with Gasteiger partial charge in [0, 0.05) is 12.6 Å². The van der Waals surface area contributed by atoms with Gasteiger partial charge in [0.2, 0.25) is 5.91 Å². The van der Waals surface area contributed by atoms with Crippen LogP contribution in [0.2, 0.25) is 0 Å². The molecule has 2 aromatic carbocycles. The minimum Gasteiger partial charge on any atom is -0.497 e. The van der Waals surface area contributed by atoms with E-state index < -0.39 is 6.04 Å². The maximum atomic E-state index is 13.4. The first-order valence-electron chi connectivity index (χ1n) is 10.3. The van der Waals surface area contributed by atoms with Gasteiger partial charge in [0.25, 0.3) is 11.8 Å². The molecular formula is C24H21N3O5. The fourth-order valence-electron chi connectivity index (χ4n) is 4.24. The highest BCUT2D eigenvalue weighted by molar-refractivity contribution is 6.11. The van der Waals surface area contributed by atoms with Crippen LogP contribution in [0.15, 0.2) is 65.3 Å². The van der Waals surface area contributed by atoms with Gasteiger partial charge in [0.05, 0.1) is 24.6 Å². The largest absolute Gasteiger partial charge is 0.497 e. The lowest BCUT2D eigenvalue weighted by molar-refractivity contribution is -0.119. The number of nitrogens with one attached hydrogen (secondary N) is 2. The molecule has 0 saturated carbocycles. The van der Waals surface area contributed by atoms with Crippen molar-refractivity contribution >= 4 is 23.4 Å². The van der Waals surface area contributed by atoms with Crippen LogP contribution in [0.4, 0.5) is 5.69 Å². The van der Waals surface area contributed by atoms with E-state index in [0.29, 0.717) is 17.7 Å². The average Bonchev–Trinajstić information content (AvgIpc) is 3.48. The van der Waals surface area contributed by atoms with Gasteiger partial charge >= 0.3 is 0 Å². The van der Waals surface area contributed by atoms with Crippen LogP contribution in [-0.2, 0) is 4.79 Å². The Kier molecular flexibility index (Phi) is 4.89. The van der Waals surface area contributed by atoms with Crippen molar-refractivity contribution in [2.24, 2.45) is 0 Å². The summed E-state index contributed by atoms with van der Waals surface area (Å²) < 4.78 is 10.3. The number of methoxy groups -OCH3 is 1. The number of hydrogen-bond acceptors (Lipinski definition) is 5. The zero-order chi connectivity index (χ0) is 22.2. The summed E-state index contributed by atoms with van der Waals surface area (Å²) >= 11 is 0. The summed E-state index contributed by atoms with van der Waals surface area (Å²) in [4.78, 5) is 40.1. The monoisotopic (exact) mass is 431 g/mol. The summed E-state index contributed by atoms with van der Waals surface area (Å²) in [7, 11) is 1.61. The smallest absolute Gasteiger partial charge is 0.287 e. The lowest BCUT2D eigenvalue weighted by Crippen LogP contribution is -2.41. The minimum absolute atomic E-state index is 0.192. The van der Waals surface area contributed by atoms with Crippen molar-refractivity contribution < 1.29 is 23.5 Å². The number of nitrogens with zero attached hydrogens (tertiary/aromatic N) is 1. The van der Waals surface area contributed by atoms with Crippen molar-refractivity contribution in [2.75, 3.05) is 19.0 Å². The molecule has 0 unspecified atom stereocenters. The quantitative estimate of drug-likeness (QED) is 0.662. The standard InChI is InChI=1S/C24H21N3O5/c1-31-17-7-4-14(5-8-17)15-6-9-19-18(11-15)24(30)27-13-16(12-20(27)22(28)26-19)25-23(29)21-3-2-10-32-21/h2-11,16,20H,12-13H2,1H3,(H,25,29)(H,26,28)/t16-,20-/m0/s1. The van der Waals surface area contributed by atoms with Crippen LogP contribution < -0.4 is 15.4 Å². The molecule has 2 N–H and O–H groups in total. The SMILES string of the molecule is COc1ccc(-c2ccc3c(c2)C(=O)N2C[C@@H](NC(=O)c4ccco4)C[C@H]2C(=O)N3)cc1. The highest BCUT2D eigenvalue weighted by atomic mass is 16.5. The van der Waals surface area contributed by atoms with Crippen LogP contribution in [0.3, 0.4) is 0 Å². The number of anilines is 1. The Morgan fingerprint density at radius 1 is 1.12 bits per heavy atom. The minimum atomic E-state index is -0.652. The first-order chi connectivity index (χ1) is 15.5. The van der Waals surface area contributed by atoms with E-state index in [1.807, 2.05) is 30.3 Å². The molecule has 8 nitrogen and oxygen atoms in total. The number of ether oxygens (including phenoxy) is 1. The number of furan rings is 1. The Balaban J connectivity index is 1.40. The number of hydrogen-bond donors (Lipinski definition) is 2. The number of benzene rings is 2. The van der Waals surface area contributed by atoms with Crippen molar-refractivity contribution in [3.05, 3.63) is 72.2 Å². The molecular weight excluding hydrogens is 410 g/mol. The predicted molar refractivity (Wildman–Crippen MR) is 116 cm³/mol. The van der Waals surface area contributed by atoms with Crippen molar-refractivity contribution in [1.29, 1.82) is 0 Å². The molecule has 0 aliphatic carbocycles. The van der Waals surface area contributed by atoms with E-state index in [2.05, 4.69) is 10.6 Å². The van der Waals surface area contributed by atoms with Gasteiger partial charge in [-0.15, -0.1) is 0 Å². The first-order valence-corrected chi connectivity index (χ1v) is 10.3. The van der Waals surface area contributed by atoms with Crippen molar-refractivity contribution in [1.82, 2.24) is 10.2 Å². The summed E-state index contributed by atoms with van der Waals surface area (Å²) in [6, 6.07) is 15.2. The van der Waals surface area contributed by atoms with Gasteiger partial charge in [0.15, 0.2) is 5.76 Å². The second-order valence-electron chi connectivity index (χ2n) is 7.83. The fraction of sp³-hybridized carbons (Fsp3) is 0.208. The highest BCUT2D eigenvalue weighted by Gasteiger charge is 2.43. The second kappa shape index (κ2) is 7.88. The molecule has 3 amide bonds. The zero-order valence-electron chi connectivity index (χ0n) is 17.3. The van der Waals surface area contributed by atoms with Gasteiger partial charge in [-0.1, -0.05) is 18.2 Å². The number of carbonyl (C=O) groups is 3. The normalized spacial score (nSPS) is 19.6. The molecule has 32 heavy (non-hydrogen) atoms. The summed E-state index contributed by atoms with van der Waals surface area (Å²) in [5, 5.41) is 5.72. The van der Waals surface area contributed by atoms with E-state index in [4.69, 9.17) is 9.15 Å². The summed E-state index contributed by atoms with van der Waals surface area (Å²) in [6.45, 7) is 0.246. The van der Waals surface area contributed by atoms with E-state index in [1.54, 1.807) is 31.4 Å². The van der Waals surface area contributed by atoms with Gasteiger partial charge in [-0.25, -0.2) is 0 Å². The zero-order valence-corrected chi connectivity index (χ0v) is 17.3. The van der Waals surface area contributed by atoms with Gasteiger partial charge in [-0.05, 0) is 53.9 Å². The molecule has 1 saturated heterocycles. The third kappa shape index (κ3) is 3.49. The molecule has 2 aliphatic heterocycles. The van der Waals surface area contributed by atoms with Gasteiger partial charge in [-0.3, -0.25) is 14.4 Å². The van der Waals surface area contributed by atoms with Gasteiger partial charge in [0.1, 0.15) is 11.8 Å². The van der Waals surface area contributed by atoms with E-state index in [-0.39, 0.29) is 36.1 Å². The van der Waals surface area contributed by atoms with Crippen LogP contribution in [-0.4, -0.2) is 48.4 Å². The molecule has 2 atom stereocenters. The molecule has 0 spiro atoms. The van der Waals surface area contributed by atoms with Crippen LogP contribution in [0, 0.1) is 0 Å². The van der Waals surface area contributed by atoms with Crippen molar-refractivity contribution in [2.45, 2.75) is 18.5 Å². The van der Waals surface area contributed by atoms with E-state index >= 15 is 0 Å². The van der Waals surface area contributed by atoms with Crippen molar-refractivity contribution in [3.8, 4) is 16.9 Å². The Hall–Kier alpha value is -4.07. The second-order valence-corrected chi connectivity index (χ2v) is 7.83. The van der Waals surface area contributed by atoms with Gasteiger partial charge < -0.3 is 24.7 Å². The van der Waals surface area contributed by atoms with Gasteiger partial charge in [-0.2, -0.15) is 0 Å². The van der Waals surface area contributed by atoms with Crippen LogP contribution in [0.1, 0.15) is 27.3 Å². The molecule has 162 valence electrons. The van der Waals surface area contributed by atoms with E-state index in [9.17, 15) is 14.4 Å². The maximum absolute atomic E-state index is 13.4. The van der Waals surface area contributed by atoms with Crippen LogP contribution in [0.25, 0.3) is 11.1 Å². The molecule has 2 aliphatic rings. The Morgan fingerprint density at radius 3 is 2.62 bits per heavy atom.